The quantitative estimate of drug-likeness (QED) is 0.723. The number of nitrogens with zero attached hydrogens (tertiary/aromatic N) is 1. The second-order valence-corrected chi connectivity index (χ2v) is 4.51. The van der Waals surface area contributed by atoms with Gasteiger partial charge in [-0.05, 0) is 24.9 Å². The molecule has 1 aliphatic heterocycles. The van der Waals surface area contributed by atoms with E-state index in [4.69, 9.17) is 0 Å². The van der Waals surface area contributed by atoms with E-state index in [9.17, 15) is 4.79 Å². The molecule has 0 unspecified atom stereocenters. The minimum absolute atomic E-state index is 0.464. The standard InChI is InChI=1S/C14H19NO/c16-11-9-14-8-4-5-10-15(14)12-13-6-2-1-3-7-13/h1-3,6-7,11,14H,4-5,8-10,12H2/t14-/m1/s1. The van der Waals surface area contributed by atoms with Crippen LogP contribution in [0, 0.1) is 0 Å². The molecule has 0 saturated carbocycles. The lowest BCUT2D eigenvalue weighted by Gasteiger charge is -2.34. The minimum atomic E-state index is 0.464. The van der Waals surface area contributed by atoms with Gasteiger partial charge in [-0.15, -0.1) is 0 Å². The molecule has 0 amide bonds. The van der Waals surface area contributed by atoms with Crippen LogP contribution in [0.25, 0.3) is 0 Å². The van der Waals surface area contributed by atoms with E-state index in [1.807, 2.05) is 6.07 Å². The van der Waals surface area contributed by atoms with Crippen molar-refractivity contribution in [3.8, 4) is 0 Å². The fourth-order valence-electron chi connectivity index (χ4n) is 2.46. The zero-order chi connectivity index (χ0) is 11.2. The second kappa shape index (κ2) is 5.80. The van der Waals surface area contributed by atoms with E-state index in [0.717, 1.165) is 19.4 Å². The van der Waals surface area contributed by atoms with Crippen molar-refractivity contribution in [3.63, 3.8) is 0 Å². The average Bonchev–Trinajstić information content (AvgIpc) is 2.33. The maximum absolute atomic E-state index is 10.6. The molecule has 0 spiro atoms. The lowest BCUT2D eigenvalue weighted by Crippen LogP contribution is -2.39. The molecule has 0 aromatic heterocycles. The maximum Gasteiger partial charge on any atom is 0.121 e. The first-order chi connectivity index (χ1) is 7.90. The highest BCUT2D eigenvalue weighted by molar-refractivity contribution is 5.50. The molecular weight excluding hydrogens is 198 g/mol. The van der Waals surface area contributed by atoms with Crippen molar-refractivity contribution in [1.82, 2.24) is 4.90 Å². The van der Waals surface area contributed by atoms with Crippen LogP contribution in [0.5, 0.6) is 0 Å². The van der Waals surface area contributed by atoms with Gasteiger partial charge in [-0.2, -0.15) is 0 Å². The Morgan fingerprint density at radius 3 is 2.81 bits per heavy atom. The monoisotopic (exact) mass is 217 g/mol. The van der Waals surface area contributed by atoms with E-state index in [1.54, 1.807) is 0 Å². The van der Waals surface area contributed by atoms with Gasteiger partial charge in [0.05, 0.1) is 0 Å². The van der Waals surface area contributed by atoms with E-state index in [2.05, 4.69) is 29.2 Å². The maximum atomic E-state index is 10.6. The Bertz CT molecular complexity index is 323. The van der Waals surface area contributed by atoms with E-state index in [1.165, 1.54) is 24.8 Å². The number of benzene rings is 1. The molecule has 0 N–H and O–H groups in total. The van der Waals surface area contributed by atoms with E-state index >= 15 is 0 Å². The van der Waals surface area contributed by atoms with Crippen LogP contribution in [0.1, 0.15) is 31.2 Å². The summed E-state index contributed by atoms with van der Waals surface area (Å²) in [5.41, 5.74) is 1.35. The number of carbonyl (C=O) groups is 1. The number of carbonyl (C=O) groups excluding carboxylic acids is 1. The van der Waals surface area contributed by atoms with Gasteiger partial charge >= 0.3 is 0 Å². The lowest BCUT2D eigenvalue weighted by atomic mass is 9.99. The van der Waals surface area contributed by atoms with E-state index < -0.39 is 0 Å². The highest BCUT2D eigenvalue weighted by Gasteiger charge is 2.21. The van der Waals surface area contributed by atoms with Gasteiger partial charge < -0.3 is 4.79 Å². The molecule has 0 radical (unpaired) electrons. The average molecular weight is 217 g/mol. The highest BCUT2D eigenvalue weighted by atomic mass is 16.1. The largest absolute Gasteiger partial charge is 0.303 e. The summed E-state index contributed by atoms with van der Waals surface area (Å²) in [7, 11) is 0. The molecule has 2 rings (SSSR count). The molecule has 0 bridgehead atoms. The predicted molar refractivity (Wildman–Crippen MR) is 65.2 cm³/mol. The third-order valence-electron chi connectivity index (χ3n) is 3.35. The van der Waals surface area contributed by atoms with Crippen LogP contribution in [0.15, 0.2) is 30.3 Å². The van der Waals surface area contributed by atoms with E-state index in [-0.39, 0.29) is 0 Å². The first-order valence-corrected chi connectivity index (χ1v) is 6.12. The Labute approximate surface area is 97.3 Å². The molecule has 2 nitrogen and oxygen atoms in total. The Hall–Kier alpha value is -1.15. The van der Waals surface area contributed by atoms with Crippen LogP contribution in [-0.2, 0) is 11.3 Å². The fourth-order valence-corrected chi connectivity index (χ4v) is 2.46. The number of piperidine rings is 1. The Morgan fingerprint density at radius 1 is 1.25 bits per heavy atom. The molecule has 86 valence electrons. The third kappa shape index (κ3) is 2.92. The van der Waals surface area contributed by atoms with Gasteiger partial charge in [0.25, 0.3) is 0 Å². The smallest absolute Gasteiger partial charge is 0.121 e. The summed E-state index contributed by atoms with van der Waals surface area (Å²) in [6, 6.07) is 11.0. The van der Waals surface area contributed by atoms with Crippen LogP contribution in [0.4, 0.5) is 0 Å². The Morgan fingerprint density at radius 2 is 2.06 bits per heavy atom. The molecule has 1 aromatic rings. The van der Waals surface area contributed by atoms with Crippen molar-refractivity contribution < 1.29 is 4.79 Å². The molecular formula is C14H19NO. The SMILES string of the molecule is O=CC[C@H]1CCCCN1Cc1ccccc1. The van der Waals surface area contributed by atoms with Gasteiger partial charge in [0, 0.05) is 19.0 Å². The number of likely N-dealkylation sites (tertiary alicyclic amines) is 1. The van der Waals surface area contributed by atoms with Crippen molar-refractivity contribution in [2.24, 2.45) is 0 Å². The zero-order valence-corrected chi connectivity index (χ0v) is 9.64. The molecule has 2 heteroatoms. The molecule has 1 saturated heterocycles. The summed E-state index contributed by atoms with van der Waals surface area (Å²) >= 11 is 0. The van der Waals surface area contributed by atoms with Crippen molar-refractivity contribution in [3.05, 3.63) is 35.9 Å². The van der Waals surface area contributed by atoms with Gasteiger partial charge in [0.15, 0.2) is 0 Å². The van der Waals surface area contributed by atoms with Crippen LogP contribution in [0.2, 0.25) is 0 Å². The van der Waals surface area contributed by atoms with Gasteiger partial charge in [-0.3, -0.25) is 4.90 Å². The van der Waals surface area contributed by atoms with Crippen molar-refractivity contribution in [2.45, 2.75) is 38.3 Å². The van der Waals surface area contributed by atoms with Crippen LogP contribution in [-0.4, -0.2) is 23.8 Å². The molecule has 1 fully saturated rings. The number of hydrogen-bond donors (Lipinski definition) is 0. The predicted octanol–water partition coefficient (Wildman–Crippen LogP) is 2.63. The first kappa shape index (κ1) is 11.3. The number of rotatable bonds is 4. The first-order valence-electron chi connectivity index (χ1n) is 6.12. The summed E-state index contributed by atoms with van der Waals surface area (Å²) < 4.78 is 0. The summed E-state index contributed by atoms with van der Waals surface area (Å²) in [6.45, 7) is 2.12. The van der Waals surface area contributed by atoms with Gasteiger partial charge in [-0.25, -0.2) is 0 Å². The molecule has 1 atom stereocenters. The number of aldehydes is 1. The zero-order valence-electron chi connectivity index (χ0n) is 9.64. The van der Waals surface area contributed by atoms with E-state index in [0.29, 0.717) is 12.5 Å². The third-order valence-corrected chi connectivity index (χ3v) is 3.35. The summed E-state index contributed by atoms with van der Waals surface area (Å²) in [5.74, 6) is 0. The normalized spacial score (nSPS) is 21.9. The molecule has 1 aromatic carbocycles. The fraction of sp³-hybridized carbons (Fsp3) is 0.500. The van der Waals surface area contributed by atoms with Crippen molar-refractivity contribution >= 4 is 6.29 Å². The van der Waals surface area contributed by atoms with Gasteiger partial charge in [0.2, 0.25) is 0 Å². The number of hydrogen-bond acceptors (Lipinski definition) is 2. The lowest BCUT2D eigenvalue weighted by molar-refractivity contribution is -0.109. The molecule has 1 aliphatic rings. The van der Waals surface area contributed by atoms with Crippen molar-refractivity contribution in [1.29, 1.82) is 0 Å². The topological polar surface area (TPSA) is 20.3 Å². The summed E-state index contributed by atoms with van der Waals surface area (Å²) in [4.78, 5) is 13.1. The minimum Gasteiger partial charge on any atom is -0.303 e. The Kier molecular flexibility index (Phi) is 4.11. The van der Waals surface area contributed by atoms with Crippen LogP contribution in [0.3, 0.4) is 0 Å². The highest BCUT2D eigenvalue weighted by Crippen LogP contribution is 2.21. The van der Waals surface area contributed by atoms with Crippen LogP contribution >= 0.6 is 0 Å². The molecule has 16 heavy (non-hydrogen) atoms. The van der Waals surface area contributed by atoms with Gasteiger partial charge in [0.1, 0.15) is 6.29 Å². The summed E-state index contributed by atoms with van der Waals surface area (Å²) in [6.07, 6.45) is 5.46. The molecule has 1 heterocycles. The molecule has 0 aliphatic carbocycles. The van der Waals surface area contributed by atoms with Gasteiger partial charge in [-0.1, -0.05) is 36.8 Å². The Balaban J connectivity index is 1.98. The van der Waals surface area contributed by atoms with Crippen molar-refractivity contribution in [2.75, 3.05) is 6.54 Å². The second-order valence-electron chi connectivity index (χ2n) is 4.51. The van der Waals surface area contributed by atoms with Crippen LogP contribution < -0.4 is 0 Å². The summed E-state index contributed by atoms with van der Waals surface area (Å²) in [5, 5.41) is 0.